The number of aromatic nitrogens is 2. The summed E-state index contributed by atoms with van der Waals surface area (Å²) in [7, 11) is 1.68. The summed E-state index contributed by atoms with van der Waals surface area (Å²) < 4.78 is 7.13. The first-order valence-electron chi connectivity index (χ1n) is 6.80. The molecule has 0 aliphatic heterocycles. The fourth-order valence-corrected chi connectivity index (χ4v) is 2.59. The Morgan fingerprint density at radius 2 is 2.14 bits per heavy atom. The van der Waals surface area contributed by atoms with E-state index in [0.717, 1.165) is 36.7 Å². The van der Waals surface area contributed by atoms with Crippen molar-refractivity contribution in [1.29, 1.82) is 0 Å². The van der Waals surface area contributed by atoms with Crippen LogP contribution in [0.1, 0.15) is 11.3 Å². The van der Waals surface area contributed by atoms with Crippen molar-refractivity contribution in [2.24, 2.45) is 0 Å². The number of anilines is 1. The molecule has 0 aliphatic carbocycles. The van der Waals surface area contributed by atoms with Crippen molar-refractivity contribution in [3.8, 4) is 0 Å². The third kappa shape index (κ3) is 4.63. The second kappa shape index (κ2) is 7.69. The molecule has 0 fully saturated rings. The SMILES string of the molecule is COCCNc1nc(C)cn1CCc1ccc(Cl)cc1Cl. The third-order valence-electron chi connectivity index (χ3n) is 3.12. The number of nitrogens with zero attached hydrogens (tertiary/aromatic N) is 2. The third-order valence-corrected chi connectivity index (χ3v) is 3.71. The van der Waals surface area contributed by atoms with Gasteiger partial charge in [0.2, 0.25) is 5.95 Å². The van der Waals surface area contributed by atoms with Gasteiger partial charge in [-0.05, 0) is 31.0 Å². The second-order valence-corrected chi connectivity index (χ2v) is 5.65. The van der Waals surface area contributed by atoms with E-state index in [9.17, 15) is 0 Å². The minimum Gasteiger partial charge on any atom is -0.383 e. The van der Waals surface area contributed by atoms with Crippen LogP contribution in [0, 0.1) is 6.92 Å². The molecule has 4 nitrogen and oxygen atoms in total. The fourth-order valence-electron chi connectivity index (χ4n) is 2.09. The summed E-state index contributed by atoms with van der Waals surface area (Å²) >= 11 is 12.1. The van der Waals surface area contributed by atoms with Crippen molar-refractivity contribution in [2.45, 2.75) is 19.9 Å². The van der Waals surface area contributed by atoms with Crippen LogP contribution in [-0.2, 0) is 17.7 Å². The van der Waals surface area contributed by atoms with E-state index in [1.807, 2.05) is 25.3 Å². The van der Waals surface area contributed by atoms with E-state index < -0.39 is 0 Å². The van der Waals surface area contributed by atoms with Crippen LogP contribution < -0.4 is 5.32 Å². The van der Waals surface area contributed by atoms with Crippen molar-refractivity contribution < 1.29 is 4.74 Å². The molecule has 2 aromatic rings. The van der Waals surface area contributed by atoms with Gasteiger partial charge in [-0.25, -0.2) is 4.98 Å². The minimum absolute atomic E-state index is 0.648. The summed E-state index contributed by atoms with van der Waals surface area (Å²) in [6, 6.07) is 5.60. The van der Waals surface area contributed by atoms with Crippen LogP contribution in [0.3, 0.4) is 0 Å². The van der Waals surface area contributed by atoms with Crippen LogP contribution >= 0.6 is 23.2 Å². The summed E-state index contributed by atoms with van der Waals surface area (Å²) in [5.41, 5.74) is 2.06. The van der Waals surface area contributed by atoms with Crippen molar-refractivity contribution in [3.05, 3.63) is 45.7 Å². The Labute approximate surface area is 135 Å². The molecule has 21 heavy (non-hydrogen) atoms. The Hall–Kier alpha value is -1.23. The van der Waals surface area contributed by atoms with Gasteiger partial charge in [-0.15, -0.1) is 0 Å². The number of aryl methyl sites for hydroxylation is 3. The van der Waals surface area contributed by atoms with Gasteiger partial charge in [0, 0.05) is 36.4 Å². The largest absolute Gasteiger partial charge is 0.383 e. The molecule has 0 atom stereocenters. The van der Waals surface area contributed by atoms with Crippen molar-refractivity contribution in [2.75, 3.05) is 25.6 Å². The monoisotopic (exact) mass is 327 g/mol. The normalized spacial score (nSPS) is 10.9. The van der Waals surface area contributed by atoms with Crippen LogP contribution in [0.5, 0.6) is 0 Å². The summed E-state index contributed by atoms with van der Waals surface area (Å²) in [6.45, 7) is 4.16. The fraction of sp³-hybridized carbons (Fsp3) is 0.400. The average Bonchev–Trinajstić information content (AvgIpc) is 2.78. The van der Waals surface area contributed by atoms with Gasteiger partial charge in [-0.3, -0.25) is 0 Å². The standard InChI is InChI=1S/C15H19Cl2N3O/c1-11-10-20(15(19-11)18-6-8-21-2)7-5-12-3-4-13(16)9-14(12)17/h3-4,9-10H,5-8H2,1-2H3,(H,18,19). The van der Waals surface area contributed by atoms with Crippen LogP contribution in [0.15, 0.2) is 24.4 Å². The molecule has 1 heterocycles. The van der Waals surface area contributed by atoms with Crippen molar-refractivity contribution >= 4 is 29.2 Å². The molecule has 0 saturated heterocycles. The van der Waals surface area contributed by atoms with E-state index in [0.29, 0.717) is 16.7 Å². The molecule has 0 bridgehead atoms. The number of ether oxygens (including phenoxy) is 1. The Bertz CT molecular complexity index is 599. The molecule has 0 aliphatic rings. The molecule has 6 heteroatoms. The van der Waals surface area contributed by atoms with E-state index in [2.05, 4.69) is 14.9 Å². The lowest BCUT2D eigenvalue weighted by molar-refractivity contribution is 0.210. The molecule has 0 amide bonds. The molecule has 1 aromatic carbocycles. The highest BCUT2D eigenvalue weighted by Gasteiger charge is 2.07. The summed E-state index contributed by atoms with van der Waals surface area (Å²) in [5, 5.41) is 4.63. The number of benzene rings is 1. The summed E-state index contributed by atoms with van der Waals surface area (Å²) in [4.78, 5) is 4.47. The average molecular weight is 328 g/mol. The maximum absolute atomic E-state index is 6.20. The highest BCUT2D eigenvalue weighted by atomic mass is 35.5. The molecule has 0 unspecified atom stereocenters. The maximum Gasteiger partial charge on any atom is 0.203 e. The lowest BCUT2D eigenvalue weighted by atomic mass is 10.1. The van der Waals surface area contributed by atoms with Gasteiger partial charge in [-0.1, -0.05) is 29.3 Å². The van der Waals surface area contributed by atoms with Gasteiger partial charge in [0.1, 0.15) is 0 Å². The van der Waals surface area contributed by atoms with Crippen LogP contribution in [0.2, 0.25) is 10.0 Å². The van der Waals surface area contributed by atoms with E-state index in [1.165, 1.54) is 0 Å². The molecular weight excluding hydrogens is 309 g/mol. The number of imidazole rings is 1. The number of nitrogens with one attached hydrogen (secondary N) is 1. The molecule has 2 rings (SSSR count). The Balaban J connectivity index is 2.02. The first-order chi connectivity index (χ1) is 10.1. The zero-order valence-electron chi connectivity index (χ0n) is 12.2. The van der Waals surface area contributed by atoms with E-state index in [1.54, 1.807) is 13.2 Å². The van der Waals surface area contributed by atoms with Gasteiger partial charge < -0.3 is 14.6 Å². The summed E-state index contributed by atoms with van der Waals surface area (Å²) in [6.07, 6.45) is 2.85. The van der Waals surface area contributed by atoms with Gasteiger partial charge in [0.15, 0.2) is 0 Å². The first-order valence-corrected chi connectivity index (χ1v) is 7.56. The van der Waals surface area contributed by atoms with E-state index in [-0.39, 0.29) is 0 Å². The lowest BCUT2D eigenvalue weighted by Crippen LogP contribution is -2.13. The topological polar surface area (TPSA) is 39.1 Å². The number of methoxy groups -OCH3 is 1. The smallest absolute Gasteiger partial charge is 0.203 e. The van der Waals surface area contributed by atoms with E-state index >= 15 is 0 Å². The van der Waals surface area contributed by atoms with Crippen LogP contribution in [0.25, 0.3) is 0 Å². The van der Waals surface area contributed by atoms with Crippen LogP contribution in [0.4, 0.5) is 5.95 Å². The molecule has 114 valence electrons. The van der Waals surface area contributed by atoms with Crippen molar-refractivity contribution in [1.82, 2.24) is 9.55 Å². The summed E-state index contributed by atoms with van der Waals surface area (Å²) in [5.74, 6) is 0.856. The zero-order valence-corrected chi connectivity index (χ0v) is 13.7. The molecule has 1 N–H and O–H groups in total. The quantitative estimate of drug-likeness (QED) is 0.786. The van der Waals surface area contributed by atoms with Gasteiger partial charge in [-0.2, -0.15) is 0 Å². The molecular formula is C15H19Cl2N3O. The highest BCUT2D eigenvalue weighted by Crippen LogP contribution is 2.22. The Morgan fingerprint density at radius 1 is 1.33 bits per heavy atom. The van der Waals surface area contributed by atoms with Gasteiger partial charge >= 0.3 is 0 Å². The predicted molar refractivity (Wildman–Crippen MR) is 87.5 cm³/mol. The maximum atomic E-state index is 6.20. The number of hydrogen-bond donors (Lipinski definition) is 1. The van der Waals surface area contributed by atoms with E-state index in [4.69, 9.17) is 27.9 Å². The predicted octanol–water partition coefficient (Wildman–Crippen LogP) is 3.80. The molecule has 0 saturated carbocycles. The Kier molecular flexibility index (Phi) is 5.91. The highest BCUT2D eigenvalue weighted by molar-refractivity contribution is 6.35. The molecule has 0 spiro atoms. The second-order valence-electron chi connectivity index (χ2n) is 4.80. The van der Waals surface area contributed by atoms with Gasteiger partial charge in [0.25, 0.3) is 0 Å². The molecule has 0 radical (unpaired) electrons. The first kappa shape index (κ1) is 16.1. The molecule has 1 aromatic heterocycles. The number of halogens is 2. The number of rotatable bonds is 7. The zero-order chi connectivity index (χ0) is 15.2. The lowest BCUT2D eigenvalue weighted by Gasteiger charge is -2.10. The van der Waals surface area contributed by atoms with Crippen molar-refractivity contribution in [3.63, 3.8) is 0 Å². The van der Waals surface area contributed by atoms with Crippen LogP contribution in [-0.4, -0.2) is 29.8 Å². The van der Waals surface area contributed by atoms with Gasteiger partial charge in [0.05, 0.1) is 12.3 Å². The number of hydrogen-bond acceptors (Lipinski definition) is 3. The minimum atomic E-state index is 0.648. The Morgan fingerprint density at radius 3 is 2.86 bits per heavy atom.